The van der Waals surface area contributed by atoms with Crippen molar-refractivity contribution in [1.29, 1.82) is 0 Å². The predicted octanol–water partition coefficient (Wildman–Crippen LogP) is 27.3. The van der Waals surface area contributed by atoms with Crippen LogP contribution in [0.4, 0.5) is 0 Å². The Hall–Kier alpha value is -4.85. The molecule has 0 aliphatic carbocycles. The van der Waals surface area contributed by atoms with Crippen LogP contribution >= 0.6 is 92.8 Å². The van der Waals surface area contributed by atoms with Gasteiger partial charge < -0.3 is 0 Å². The summed E-state index contributed by atoms with van der Waals surface area (Å²) < 4.78 is 0. The van der Waals surface area contributed by atoms with Gasteiger partial charge in [0, 0.05) is 0 Å². The molecule has 0 fully saturated rings. The minimum atomic E-state index is -2.20. The molecule has 0 saturated carbocycles. The van der Waals surface area contributed by atoms with E-state index in [9.17, 15) is 0 Å². The zero-order valence-electron chi connectivity index (χ0n) is 62.1. The Balaban J connectivity index is 0.000000233. The third-order valence-corrected chi connectivity index (χ3v) is 49.5. The van der Waals surface area contributed by atoms with E-state index in [2.05, 4.69) is 212 Å². The molecule has 6 aromatic carbocycles. The molecule has 0 bridgehead atoms. The molecule has 0 unspecified atom stereocenters. The number of aromatic nitrogens is 8. The number of benzene rings is 6. The molecule has 0 aliphatic heterocycles. The summed E-state index contributed by atoms with van der Waals surface area (Å²) in [6.07, 6.45) is 0. The fourth-order valence-electron chi connectivity index (χ4n) is 17.0. The van der Waals surface area contributed by atoms with Crippen molar-refractivity contribution in [3.63, 3.8) is 0 Å². The average molecular weight is 1560 g/mol. The van der Waals surface area contributed by atoms with Gasteiger partial charge in [-0.2, -0.15) is 0 Å². The predicted molar refractivity (Wildman–Crippen MR) is 447 cm³/mol. The highest BCUT2D eigenvalue weighted by Crippen LogP contribution is 2.47. The van der Waals surface area contributed by atoms with Crippen LogP contribution < -0.4 is 0 Å². The molecule has 0 radical (unpaired) electrons. The van der Waals surface area contributed by atoms with E-state index in [-0.39, 0.29) is 0 Å². The summed E-state index contributed by atoms with van der Waals surface area (Å²) in [5.41, 5.74) is 31.7. The zero-order valence-corrected chi connectivity index (χ0v) is 72.2. The molecule has 8 nitrogen and oxygen atoms in total. The molecule has 4 aromatic heterocycles. The largest absolute Gasteiger partial charge is 0.241 e. The second kappa shape index (κ2) is 30.7. The molecular weight excluding hydrogens is 1470 g/mol. The van der Waals surface area contributed by atoms with Gasteiger partial charge in [-0.15, -0.1) is 22.2 Å². The minimum Gasteiger partial charge on any atom is -0.241 e. The van der Waals surface area contributed by atoms with Crippen LogP contribution in [-0.4, -0.2) is 72.2 Å². The second-order valence-electron chi connectivity index (χ2n) is 30.7. The lowest BCUT2D eigenvalue weighted by Gasteiger charge is -2.38. The summed E-state index contributed by atoms with van der Waals surface area (Å²) in [7, 11) is -8.79. The number of nitrogens with zero attached hydrogens (tertiary/aromatic N) is 8. The van der Waals surface area contributed by atoms with Gasteiger partial charge in [0.25, 0.3) is 0 Å². The van der Waals surface area contributed by atoms with Crippen molar-refractivity contribution in [2.24, 2.45) is 0 Å². The van der Waals surface area contributed by atoms with Crippen molar-refractivity contribution in [2.45, 2.75) is 233 Å². The number of rotatable bonds is 12. The van der Waals surface area contributed by atoms with Gasteiger partial charge in [-0.25, -0.2) is 39.9 Å². The maximum atomic E-state index is 6.78. The van der Waals surface area contributed by atoms with Crippen molar-refractivity contribution in [2.75, 3.05) is 0 Å². The summed E-state index contributed by atoms with van der Waals surface area (Å²) in [5.74, 6) is 14.7. The standard InChI is InChI=1S/2C40H46Cl4N4Si2/c2*1-21(2)49(22(3)4,23(5)6)19-17-27-33-35(47-39-31(43)15-13-29(41)37(39)45-33)28(18-20-50(24(7)8,25(9)10)26(11)12)36-34(27)46-38-30(42)14-16-32(44)40(38)48-36/h2*13-16,21-26H,1-12H3. The van der Waals surface area contributed by atoms with Gasteiger partial charge in [0.05, 0.1) is 62.4 Å². The summed E-state index contributed by atoms with van der Waals surface area (Å²) >= 11 is 54.3. The maximum Gasteiger partial charge on any atom is 0.146 e. The molecule has 0 N–H and O–H groups in total. The van der Waals surface area contributed by atoms with E-state index in [4.69, 9.17) is 133 Å². The molecular formula is C80H92Cl8N8Si4. The quantitative estimate of drug-likeness (QED) is 0.0677. The van der Waals surface area contributed by atoms with Crippen LogP contribution in [-0.2, 0) is 0 Å². The van der Waals surface area contributed by atoms with Gasteiger partial charge in [-0.3, -0.25) is 0 Å². The molecule has 20 heteroatoms. The van der Waals surface area contributed by atoms with E-state index in [0.717, 1.165) is 0 Å². The normalized spacial score (nSPS) is 12.8. The Morgan fingerprint density at radius 1 is 0.190 bits per heavy atom. The first-order valence-electron chi connectivity index (χ1n) is 35.1. The van der Waals surface area contributed by atoms with Crippen LogP contribution in [0.3, 0.4) is 0 Å². The van der Waals surface area contributed by atoms with E-state index in [1.54, 1.807) is 48.5 Å². The molecule has 524 valence electrons. The van der Waals surface area contributed by atoms with E-state index in [0.29, 0.717) is 217 Å². The fraction of sp³-hybridized carbons (Fsp3) is 0.450. The van der Waals surface area contributed by atoms with Gasteiger partial charge in [0.2, 0.25) is 0 Å². The third kappa shape index (κ3) is 13.8. The van der Waals surface area contributed by atoms with Crippen LogP contribution in [0, 0.1) is 45.9 Å². The van der Waals surface area contributed by atoms with Gasteiger partial charge in [-0.1, -0.05) is 283 Å². The topological polar surface area (TPSA) is 103 Å². The van der Waals surface area contributed by atoms with Gasteiger partial charge in [0.1, 0.15) is 121 Å². The van der Waals surface area contributed by atoms with Crippen molar-refractivity contribution in [3.8, 4) is 45.9 Å². The first-order chi connectivity index (χ1) is 46.8. The average Bonchev–Trinajstić information content (AvgIpc) is 0.726. The Morgan fingerprint density at radius 3 is 0.380 bits per heavy atom. The number of hydrogen-bond acceptors (Lipinski definition) is 8. The molecule has 0 spiro atoms. The van der Waals surface area contributed by atoms with Crippen molar-refractivity contribution >= 4 is 213 Å². The number of hydrogen-bond donors (Lipinski definition) is 0. The highest BCUT2D eigenvalue weighted by Gasteiger charge is 2.45. The first-order valence-corrected chi connectivity index (χ1v) is 47.0. The van der Waals surface area contributed by atoms with Gasteiger partial charge in [-0.05, 0) is 115 Å². The zero-order chi connectivity index (χ0) is 74.1. The van der Waals surface area contributed by atoms with E-state index >= 15 is 0 Å². The Kier molecular flexibility index (Phi) is 24.3. The molecule has 0 amide bonds. The molecule has 10 aromatic rings. The summed E-state index contributed by atoms with van der Waals surface area (Å²) in [5, 5.41) is 3.60. The van der Waals surface area contributed by atoms with Crippen molar-refractivity contribution < 1.29 is 0 Å². The Labute approximate surface area is 637 Å². The van der Waals surface area contributed by atoms with E-state index in [1.165, 1.54) is 0 Å². The van der Waals surface area contributed by atoms with Crippen LogP contribution in [0.1, 0.15) is 188 Å². The van der Waals surface area contributed by atoms with Crippen LogP contribution in [0.25, 0.3) is 88.3 Å². The van der Waals surface area contributed by atoms with Crippen LogP contribution in [0.15, 0.2) is 48.5 Å². The highest BCUT2D eigenvalue weighted by atomic mass is 35.5. The molecule has 100 heavy (non-hydrogen) atoms. The van der Waals surface area contributed by atoms with Gasteiger partial charge >= 0.3 is 0 Å². The summed E-state index contributed by atoms with van der Waals surface area (Å²) in [4.78, 5) is 41.6. The summed E-state index contributed by atoms with van der Waals surface area (Å²) in [6, 6.07) is 14.0. The third-order valence-electron chi connectivity index (χ3n) is 21.9. The van der Waals surface area contributed by atoms with Crippen molar-refractivity contribution in [1.82, 2.24) is 39.9 Å². The molecule has 10 rings (SSSR count). The lowest BCUT2D eigenvalue weighted by atomic mass is 10.0. The lowest BCUT2D eigenvalue weighted by Crippen LogP contribution is -2.43. The Morgan fingerprint density at radius 2 is 0.290 bits per heavy atom. The monoisotopic (exact) mass is 1560 g/mol. The van der Waals surface area contributed by atoms with Gasteiger partial charge in [0.15, 0.2) is 0 Å². The van der Waals surface area contributed by atoms with E-state index in [1.807, 2.05) is 0 Å². The van der Waals surface area contributed by atoms with Crippen LogP contribution in [0.2, 0.25) is 107 Å². The first kappa shape index (κ1) is 79.3. The molecule has 0 aliphatic rings. The van der Waals surface area contributed by atoms with Crippen molar-refractivity contribution in [3.05, 3.63) is 111 Å². The molecule has 0 atom stereocenters. The molecule has 4 heterocycles. The Bertz CT molecular complexity index is 4250. The molecule has 0 saturated heterocycles. The highest BCUT2D eigenvalue weighted by molar-refractivity contribution is 6.92. The smallest absolute Gasteiger partial charge is 0.146 e. The lowest BCUT2D eigenvalue weighted by molar-refractivity contribution is 0.838. The maximum absolute atomic E-state index is 6.78. The summed E-state index contributed by atoms with van der Waals surface area (Å²) in [6.45, 7) is 55.2. The van der Waals surface area contributed by atoms with E-state index < -0.39 is 32.3 Å². The second-order valence-corrected chi connectivity index (χ2v) is 56.3. The minimum absolute atomic E-state index is 0.416. The number of halogens is 8. The SMILES string of the molecule is CC(C)[Si](C#Cc1c2nc3c(Cl)ccc(Cl)c3nc2c(C#C[Si](C(C)C)(C(C)C)C(C)C)c2nc3c(Cl)ccc(Cl)c3nc12)(C(C)C)C(C)C.CC(C)[Si](C#Cc1c2nc3c(Cl)ccc(Cl)c3nc2c(C#C[Si](C(C)C)(C(C)C)C(C)C)c2nc3c(Cl)ccc(Cl)c3nc12)(C(C)C)C(C)C. The fourth-order valence-corrected chi connectivity index (χ4v) is 39.4. The number of fused-ring (bicyclic) bond motifs is 8. The van der Waals surface area contributed by atoms with Crippen LogP contribution in [0.5, 0.6) is 0 Å².